The number of fused-ring (bicyclic) bond motifs is 6. The molecule has 146 heavy (non-hydrogen) atoms. The Morgan fingerprint density at radius 1 is 0.151 bits per heavy atom. The first-order valence-electron chi connectivity index (χ1n) is 50.5. The summed E-state index contributed by atoms with van der Waals surface area (Å²) >= 11 is 0. The molecule has 0 N–H and O–H groups in total. The molecular formula is C136H96N6Si4. The maximum atomic E-state index is 6.09. The lowest BCUT2D eigenvalue weighted by Gasteiger charge is -2.43. The van der Waals surface area contributed by atoms with Gasteiger partial charge in [-0.3, -0.25) is 9.13 Å². The summed E-state index contributed by atoms with van der Waals surface area (Å²) in [6.07, 6.45) is 0. The van der Waals surface area contributed by atoms with Crippen LogP contribution in [0.25, 0.3) is 101 Å². The normalized spacial score (nSPS) is 13.3. The van der Waals surface area contributed by atoms with Crippen LogP contribution in [0.4, 0.5) is 0 Å². The Labute approximate surface area is 853 Å². The zero-order valence-electron chi connectivity index (χ0n) is 80.1. The van der Waals surface area contributed by atoms with E-state index in [0.717, 1.165) is 77.9 Å². The van der Waals surface area contributed by atoms with Gasteiger partial charge in [0.25, 0.3) is 0 Å². The number of hydrogen-bond acceptors (Lipinski definition) is 4. The van der Waals surface area contributed by atoms with Gasteiger partial charge in [-0.15, -0.1) is 0 Å². The second-order valence-electron chi connectivity index (χ2n) is 38.7. The first-order chi connectivity index (χ1) is 72.4. The Balaban J connectivity index is 0.686. The number of benzene rings is 21. The molecule has 4 aromatic heterocycles. The van der Waals surface area contributed by atoms with E-state index in [4.69, 9.17) is 19.9 Å². The van der Waals surface area contributed by atoms with Gasteiger partial charge in [0, 0.05) is 55.6 Å². The fourth-order valence-corrected chi connectivity index (χ4v) is 44.5. The van der Waals surface area contributed by atoms with Crippen LogP contribution in [0.2, 0.25) is 0 Å². The molecule has 6 nitrogen and oxygen atoms in total. The van der Waals surface area contributed by atoms with E-state index in [2.05, 4.69) is 579 Å². The maximum absolute atomic E-state index is 6.09. The summed E-state index contributed by atoms with van der Waals surface area (Å²) in [4.78, 5) is 24.3. The molecule has 0 amide bonds. The van der Waals surface area contributed by atoms with Crippen molar-refractivity contribution in [1.29, 1.82) is 0 Å². The predicted octanol–water partition coefficient (Wildman–Crippen LogP) is 20.6. The molecule has 0 saturated carbocycles. The lowest BCUT2D eigenvalue weighted by molar-refractivity contribution is 0.767. The van der Waals surface area contributed by atoms with Crippen LogP contribution >= 0.6 is 0 Å². The summed E-state index contributed by atoms with van der Waals surface area (Å²) < 4.78 is 4.80. The number of hydrogen-bond donors (Lipinski definition) is 0. The Kier molecular flexibility index (Phi) is 21.7. The average molecular weight is 1930 g/mol. The van der Waals surface area contributed by atoms with Crippen molar-refractivity contribution in [3.63, 3.8) is 0 Å². The zero-order valence-corrected chi connectivity index (χ0v) is 84.1. The fourth-order valence-electron chi connectivity index (χ4n) is 25.3. The molecule has 3 aliphatic carbocycles. The third kappa shape index (κ3) is 13.9. The Morgan fingerprint density at radius 3 is 0.582 bits per heavy atom. The molecule has 2 bridgehead atoms. The molecule has 25 aromatic rings. The minimum atomic E-state index is -3.08. The van der Waals surface area contributed by atoms with Gasteiger partial charge in [-0.25, -0.2) is 19.9 Å². The van der Waals surface area contributed by atoms with E-state index in [9.17, 15) is 0 Å². The van der Waals surface area contributed by atoms with Gasteiger partial charge in [-0.2, -0.15) is 0 Å². The minimum Gasteiger partial charge on any atom is -0.278 e. The van der Waals surface area contributed by atoms with Gasteiger partial charge in [0.15, 0.2) is 32.3 Å². The van der Waals surface area contributed by atoms with Crippen molar-refractivity contribution in [2.75, 3.05) is 0 Å². The highest BCUT2D eigenvalue weighted by atomic mass is 28.3. The van der Waals surface area contributed by atoms with Gasteiger partial charge in [0.05, 0.1) is 44.8 Å². The predicted molar refractivity (Wildman–Crippen MR) is 617 cm³/mol. The van der Waals surface area contributed by atoms with Crippen LogP contribution in [0.3, 0.4) is 0 Å². The Hall–Kier alpha value is -17.8. The van der Waals surface area contributed by atoms with Gasteiger partial charge in [0.1, 0.15) is 0 Å². The second kappa shape index (κ2) is 36.3. The molecule has 0 aliphatic heterocycles. The van der Waals surface area contributed by atoms with E-state index < -0.39 is 32.3 Å². The summed E-state index contributed by atoms with van der Waals surface area (Å²) in [5, 5.41) is 25.2. The van der Waals surface area contributed by atoms with Crippen molar-refractivity contribution in [3.8, 4) is 56.9 Å². The third-order valence-electron chi connectivity index (χ3n) is 31.3. The molecule has 0 radical (unpaired) electrons. The van der Waals surface area contributed by atoms with Crippen molar-refractivity contribution in [2.24, 2.45) is 0 Å². The van der Waals surface area contributed by atoms with E-state index in [-0.39, 0.29) is 11.8 Å². The van der Waals surface area contributed by atoms with Crippen LogP contribution in [-0.4, -0.2) is 61.4 Å². The van der Waals surface area contributed by atoms with E-state index in [1.165, 1.54) is 127 Å². The lowest BCUT2D eigenvalue weighted by Crippen LogP contribution is -2.74. The molecule has 0 saturated heterocycles. The standard InChI is InChI=1S/C136H96N6Si4/c1-13-51-99(52-14-1)143(100-53-15-2-16-54-100,101-55-17-3-18-56-101)111-75-43-47-95(89-111)121-93-122(96-48-44-76-112(90-96)144(102-57-19-4-20-58-102,103-59-21-5-22-60-103)104-61-23-6-24-62-104)138-135(137-121)141-125-83-41-39-81-117(125)130-127(141)87-85-119-129-115-79-37-38-80-116(115)132(133(119)130)134-120(129)86-88-128-131(134)118-82-40-42-84-126(118)142(128)136-139-123(97-49-45-77-113(91-97)145(105-63-25-7-26-64-105,106-65-27-8-28-66-106)107-67-29-9-30-68-107)94-124(140-136)98-50-46-78-114(92-98)146(108-69-31-10-32-70-108,109-71-33-11-34-72-109)110-73-35-12-36-74-110/h1-94,129,132H. The molecule has 28 rings (SSSR count). The first kappa shape index (κ1) is 87.3. The summed E-state index contributed by atoms with van der Waals surface area (Å²) in [6, 6.07) is 214. The van der Waals surface area contributed by atoms with Crippen LogP contribution in [0.15, 0.2) is 570 Å². The topological polar surface area (TPSA) is 61.4 Å². The molecule has 0 spiro atoms. The van der Waals surface area contributed by atoms with Gasteiger partial charge in [0.2, 0.25) is 11.9 Å². The molecule has 3 aliphatic rings. The highest BCUT2D eigenvalue weighted by Crippen LogP contribution is 2.61. The monoisotopic (exact) mass is 1920 g/mol. The number of aromatic nitrogens is 6. The third-order valence-corrected chi connectivity index (χ3v) is 50.4. The van der Waals surface area contributed by atoms with Crippen molar-refractivity contribution < 1.29 is 0 Å². The molecule has 0 fully saturated rings. The van der Waals surface area contributed by atoms with E-state index in [0.29, 0.717) is 11.9 Å². The highest BCUT2D eigenvalue weighted by Gasteiger charge is 2.49. The SMILES string of the molecule is c1ccc([Si](c2ccccc2)(c2ccccc2)c2cccc(-c3cc(-c4cccc([Si](c5ccccc5)(c5ccccc5)c5ccccc5)c4)nc(-n4c5ccccc5c5c6c(ccc54)C4c5ccccc5C6c5c4ccc4c5c5ccccc5n4-c4nc(-c5cccc([Si](c6ccccc6)(c6ccccc6)c6ccccc6)c5)cc(-c5cccc([Si](c6ccccc6)(c6ccccc6)c6ccccc6)c5)n4)n3)c2)cc1. The van der Waals surface area contributed by atoms with E-state index in [1.807, 2.05) is 0 Å². The van der Waals surface area contributed by atoms with Crippen LogP contribution in [0.5, 0.6) is 0 Å². The Morgan fingerprint density at radius 2 is 0.349 bits per heavy atom. The van der Waals surface area contributed by atoms with E-state index >= 15 is 0 Å². The zero-order chi connectivity index (χ0) is 96.7. The molecule has 0 unspecified atom stereocenters. The molecule has 10 heteroatoms. The van der Waals surface area contributed by atoms with Crippen LogP contribution in [0.1, 0.15) is 45.2 Å². The van der Waals surface area contributed by atoms with Crippen molar-refractivity contribution in [1.82, 2.24) is 29.1 Å². The number of rotatable bonds is 22. The smallest absolute Gasteiger partial charge is 0.235 e. The van der Waals surface area contributed by atoms with Gasteiger partial charge >= 0.3 is 0 Å². The largest absolute Gasteiger partial charge is 0.278 e. The molecule has 4 heterocycles. The van der Waals surface area contributed by atoms with Crippen molar-refractivity contribution in [3.05, 3.63) is 604 Å². The summed E-state index contributed by atoms with van der Waals surface area (Å²) in [5.41, 5.74) is 19.2. The fraction of sp³-hybridized carbons (Fsp3) is 0.0147. The summed E-state index contributed by atoms with van der Waals surface area (Å²) in [6.45, 7) is 0. The van der Waals surface area contributed by atoms with Crippen LogP contribution in [-0.2, 0) is 0 Å². The van der Waals surface area contributed by atoms with Gasteiger partial charge in [-0.1, -0.05) is 534 Å². The van der Waals surface area contributed by atoms with Crippen LogP contribution < -0.4 is 83.0 Å². The van der Waals surface area contributed by atoms with Crippen molar-refractivity contribution >= 4 is 159 Å². The lowest BCUT2D eigenvalue weighted by atomic mass is 9.59. The molecule has 0 atom stereocenters. The average Bonchev–Trinajstić information content (AvgIpc) is 1.42. The molecule has 21 aromatic carbocycles. The molecule has 686 valence electrons. The number of para-hydroxylation sites is 2. The maximum Gasteiger partial charge on any atom is 0.235 e. The van der Waals surface area contributed by atoms with Gasteiger partial charge in [-0.05, 0) is 153 Å². The molecular weight excluding hydrogens is 1830 g/mol. The van der Waals surface area contributed by atoms with Crippen molar-refractivity contribution in [2.45, 2.75) is 11.8 Å². The second-order valence-corrected chi connectivity index (χ2v) is 54.0. The summed E-state index contributed by atoms with van der Waals surface area (Å²) in [7, 11) is -12.3. The first-order valence-corrected chi connectivity index (χ1v) is 58.5. The number of nitrogens with zero attached hydrogens (tertiary/aromatic N) is 6. The Bertz CT molecular complexity index is 7950. The van der Waals surface area contributed by atoms with Gasteiger partial charge < -0.3 is 0 Å². The van der Waals surface area contributed by atoms with Crippen LogP contribution in [0, 0.1) is 0 Å². The highest BCUT2D eigenvalue weighted by molar-refractivity contribution is 7.22. The van der Waals surface area contributed by atoms with E-state index in [1.54, 1.807) is 0 Å². The quantitative estimate of drug-likeness (QED) is 0.0501. The summed E-state index contributed by atoms with van der Waals surface area (Å²) in [5.74, 6) is 0.796. The minimum absolute atomic E-state index is 0.121.